The van der Waals surface area contributed by atoms with E-state index in [0.717, 1.165) is 102 Å². The van der Waals surface area contributed by atoms with Crippen LogP contribution in [0.3, 0.4) is 0 Å². The van der Waals surface area contributed by atoms with Gasteiger partial charge in [-0.1, -0.05) is 128 Å². The lowest BCUT2D eigenvalue weighted by atomic mass is 10.0. The Hall–Kier alpha value is -4.24. The van der Waals surface area contributed by atoms with Crippen LogP contribution in [0.25, 0.3) is 0 Å². The Morgan fingerprint density at radius 1 is 0.390 bits per heavy atom. The van der Waals surface area contributed by atoms with E-state index >= 15 is 0 Å². The van der Waals surface area contributed by atoms with Crippen LogP contribution < -0.4 is 19.3 Å². The van der Waals surface area contributed by atoms with Crippen LogP contribution in [0, 0.1) is 23.7 Å². The second-order valence-electron chi connectivity index (χ2n) is 26.6. The van der Waals surface area contributed by atoms with E-state index in [2.05, 4.69) is 224 Å². The van der Waals surface area contributed by atoms with Gasteiger partial charge in [0.1, 0.15) is 24.7 Å². The van der Waals surface area contributed by atoms with Crippen LogP contribution in [0.2, 0.25) is 0 Å². The minimum Gasteiger partial charge on any atom is -0.490 e. The lowest BCUT2D eigenvalue weighted by Crippen LogP contribution is -2.47. The molecule has 4 aromatic rings. The largest absolute Gasteiger partial charge is 0.490 e. The van der Waals surface area contributed by atoms with Gasteiger partial charge in [0.2, 0.25) is 0 Å². The smallest absolute Gasteiger partial charge is 0.142 e. The first-order chi connectivity index (χ1) is 39.3. The Bertz CT molecular complexity index is 2240. The van der Waals surface area contributed by atoms with Gasteiger partial charge in [-0.2, -0.15) is 0 Å². The van der Waals surface area contributed by atoms with Gasteiger partial charge in [0, 0.05) is 63.4 Å². The van der Waals surface area contributed by atoms with Gasteiger partial charge >= 0.3 is 0 Å². The number of benzene rings is 4. The quantitative estimate of drug-likeness (QED) is 0.107. The summed E-state index contributed by atoms with van der Waals surface area (Å²) >= 11 is 0. The van der Waals surface area contributed by atoms with Crippen LogP contribution in [-0.2, 0) is 44.9 Å². The van der Waals surface area contributed by atoms with Crippen LogP contribution >= 0.6 is 0 Å². The fraction of sp³-hybridized carbons (Fsp3) is 0.657. The first kappa shape index (κ1) is 65.3. The molecule has 1 saturated heterocycles. The van der Waals surface area contributed by atoms with Crippen molar-refractivity contribution in [2.75, 3.05) is 117 Å². The van der Waals surface area contributed by atoms with E-state index in [1.807, 2.05) is 0 Å². The van der Waals surface area contributed by atoms with Gasteiger partial charge in [0.05, 0.1) is 75.3 Å². The number of para-hydroxylation sites is 4. The molecule has 3 heterocycles. The zero-order chi connectivity index (χ0) is 58.7. The van der Waals surface area contributed by atoms with Crippen molar-refractivity contribution < 1.29 is 28.4 Å². The van der Waals surface area contributed by atoms with Gasteiger partial charge in [0.15, 0.2) is 0 Å². The lowest BCUT2D eigenvalue weighted by molar-refractivity contribution is -0.0536. The number of hydrogen-bond donors (Lipinski definition) is 0. The summed E-state index contributed by atoms with van der Waals surface area (Å²) in [5.41, 5.74) is 7.54. The number of ether oxygens (including phenoxy) is 6. The first-order valence-corrected chi connectivity index (χ1v) is 31.7. The van der Waals surface area contributed by atoms with Crippen LogP contribution in [0.5, 0.6) is 11.5 Å². The van der Waals surface area contributed by atoms with E-state index in [9.17, 15) is 0 Å². The molecular formula is C70H110N6O6. The molecule has 0 radical (unpaired) electrons. The van der Waals surface area contributed by atoms with Crippen LogP contribution in [0.4, 0.5) is 11.4 Å². The Balaban J connectivity index is 1.10. The van der Waals surface area contributed by atoms with E-state index < -0.39 is 0 Å². The second kappa shape index (κ2) is 32.9. The molecule has 0 aliphatic carbocycles. The summed E-state index contributed by atoms with van der Waals surface area (Å²) in [6.07, 6.45) is 5.93. The molecule has 82 heavy (non-hydrogen) atoms. The van der Waals surface area contributed by atoms with Gasteiger partial charge in [-0.25, -0.2) is 0 Å². The third kappa shape index (κ3) is 21.1. The molecule has 0 aromatic heterocycles. The summed E-state index contributed by atoms with van der Waals surface area (Å²) in [7, 11) is 9.15. The molecule has 0 N–H and O–H groups in total. The van der Waals surface area contributed by atoms with E-state index in [-0.39, 0.29) is 48.6 Å². The molecular weight excluding hydrogens is 1020 g/mol. The molecule has 8 atom stereocenters. The Morgan fingerprint density at radius 3 is 1.04 bits per heavy atom. The number of likely N-dealkylation sites (N-methyl/N-ethyl adjacent to an activating group) is 4. The average molecular weight is 1130 g/mol. The van der Waals surface area contributed by atoms with E-state index in [4.69, 9.17) is 28.4 Å². The van der Waals surface area contributed by atoms with Crippen molar-refractivity contribution in [1.29, 1.82) is 0 Å². The molecule has 0 bridgehead atoms. The Morgan fingerprint density at radius 2 is 0.695 bits per heavy atom. The van der Waals surface area contributed by atoms with Gasteiger partial charge in [-0.05, 0) is 151 Å². The lowest BCUT2D eigenvalue weighted by Gasteiger charge is -2.37. The number of fused-ring (bicyclic) bond motifs is 2. The standard InChI is InChI=1S/C70H110N6O6/c1-51(2)35-61-47-79-55(9)41-71(11)64(38-54(7)8)50-82-66(40-58-25-29-60(30-26-58)44-76-32-34-78-70-22-18-16-20-68(70)76)46-74(14)62(36-52(3)4)48-80-56(10)42-72(12)63(37-53(5)6)49-81-65(45-73(61)13)39-57-23-27-59(28-24-57)43-75-31-33-77-69-21-17-15-19-67(69)75/h15-30,51-56,61-66H,31-50H2,1-14H3/t55-,56-,61+,62+,63+,64+,65-,66-/m1/s1. The number of anilines is 2. The van der Waals surface area contributed by atoms with Gasteiger partial charge < -0.3 is 38.2 Å². The SMILES string of the molecule is CC(C)C[C@H]1CO[C@H](C)CN(C)[C@@H](CC(C)C)CO[C@H](Cc2ccc(CN3CCOc4ccccc43)cc2)CN(C)[C@@H](CC(C)C)CO[C@H](C)CN(C)[C@@H](CC(C)C)CO[C@H](Cc2ccc(CN3CCOc4ccccc43)cc2)CN1C. The summed E-state index contributed by atoms with van der Waals surface area (Å²) in [5.74, 6) is 4.01. The number of nitrogens with zero attached hydrogens (tertiary/aromatic N) is 6. The van der Waals surface area contributed by atoms with Gasteiger partial charge in [-0.15, -0.1) is 0 Å². The Labute approximate surface area is 498 Å². The fourth-order valence-electron chi connectivity index (χ4n) is 12.5. The third-order valence-electron chi connectivity index (χ3n) is 17.1. The predicted octanol–water partition coefficient (Wildman–Crippen LogP) is 12.2. The summed E-state index contributed by atoms with van der Waals surface area (Å²) in [5, 5.41) is 0. The highest BCUT2D eigenvalue weighted by Crippen LogP contribution is 2.34. The summed E-state index contributed by atoms with van der Waals surface area (Å²) in [6, 6.07) is 36.3. The van der Waals surface area contributed by atoms with Crippen molar-refractivity contribution in [1.82, 2.24) is 19.6 Å². The molecule has 0 saturated carbocycles. The van der Waals surface area contributed by atoms with E-state index in [1.165, 1.54) is 33.6 Å². The van der Waals surface area contributed by atoms with Crippen molar-refractivity contribution >= 4 is 11.4 Å². The van der Waals surface area contributed by atoms with E-state index in [1.54, 1.807) is 0 Å². The maximum atomic E-state index is 7.25. The third-order valence-corrected chi connectivity index (χ3v) is 17.1. The molecule has 3 aliphatic heterocycles. The molecule has 1 fully saturated rings. The van der Waals surface area contributed by atoms with Crippen molar-refractivity contribution in [2.24, 2.45) is 23.7 Å². The summed E-state index contributed by atoms with van der Waals surface area (Å²) in [4.78, 5) is 15.0. The highest BCUT2D eigenvalue weighted by molar-refractivity contribution is 5.61. The van der Waals surface area contributed by atoms with Crippen LogP contribution in [0.1, 0.15) is 117 Å². The first-order valence-electron chi connectivity index (χ1n) is 31.7. The summed E-state index contributed by atoms with van der Waals surface area (Å²) in [6.45, 7) is 34.0. The van der Waals surface area contributed by atoms with Crippen LogP contribution in [-0.4, -0.2) is 175 Å². The minimum absolute atomic E-state index is 0.00565. The molecule has 12 heteroatoms. The molecule has 0 spiro atoms. The number of hydrogen-bond acceptors (Lipinski definition) is 12. The maximum Gasteiger partial charge on any atom is 0.142 e. The molecule has 0 amide bonds. The highest BCUT2D eigenvalue weighted by atomic mass is 16.5. The maximum absolute atomic E-state index is 7.25. The van der Waals surface area contributed by atoms with Crippen LogP contribution in [0.15, 0.2) is 97.1 Å². The molecule has 12 nitrogen and oxygen atoms in total. The van der Waals surface area contributed by atoms with Gasteiger partial charge in [0.25, 0.3) is 0 Å². The monoisotopic (exact) mass is 1130 g/mol. The van der Waals surface area contributed by atoms with Gasteiger partial charge in [-0.3, -0.25) is 19.6 Å². The molecule has 4 aromatic carbocycles. The van der Waals surface area contributed by atoms with Crippen molar-refractivity contribution in [3.8, 4) is 11.5 Å². The molecule has 7 rings (SSSR count). The second-order valence-corrected chi connectivity index (χ2v) is 26.6. The number of rotatable bonds is 16. The van der Waals surface area contributed by atoms with Crippen molar-refractivity contribution in [3.63, 3.8) is 0 Å². The molecule has 0 unspecified atom stereocenters. The average Bonchev–Trinajstić information content (AvgIpc) is 3.59. The zero-order valence-electron chi connectivity index (χ0n) is 53.4. The molecule has 3 aliphatic rings. The topological polar surface area (TPSA) is 74.8 Å². The zero-order valence-corrected chi connectivity index (χ0v) is 53.4. The highest BCUT2D eigenvalue weighted by Gasteiger charge is 2.30. The van der Waals surface area contributed by atoms with Crippen molar-refractivity contribution in [2.45, 2.75) is 169 Å². The molecule has 456 valence electrons. The van der Waals surface area contributed by atoms with Crippen molar-refractivity contribution in [3.05, 3.63) is 119 Å². The summed E-state index contributed by atoms with van der Waals surface area (Å²) < 4.78 is 40.4. The normalized spacial score (nSPS) is 25.4. The fourth-order valence-corrected chi connectivity index (χ4v) is 12.5. The Kier molecular flexibility index (Phi) is 26.2. The minimum atomic E-state index is -0.00565. The van der Waals surface area contributed by atoms with E-state index in [0.29, 0.717) is 63.3 Å². The predicted molar refractivity (Wildman–Crippen MR) is 340 cm³/mol.